The number of fused-ring (bicyclic) bond motifs is 1. The van der Waals surface area contributed by atoms with Gasteiger partial charge in [-0.15, -0.1) is 22.7 Å². The number of hydrogen-bond acceptors (Lipinski definition) is 5. The Morgan fingerprint density at radius 2 is 2.00 bits per heavy atom. The van der Waals surface area contributed by atoms with E-state index in [1.54, 1.807) is 22.7 Å². The normalized spacial score (nSPS) is 17.0. The zero-order valence-corrected chi connectivity index (χ0v) is 21.4. The maximum Gasteiger partial charge on any atom is 0.268 e. The number of thiophene rings is 1. The first-order valence-corrected chi connectivity index (χ1v) is 13.6. The highest BCUT2D eigenvalue weighted by Crippen LogP contribution is 2.33. The zero-order chi connectivity index (χ0) is 22.9. The topological polar surface area (TPSA) is 50.2 Å². The van der Waals surface area contributed by atoms with Gasteiger partial charge in [0.15, 0.2) is 0 Å². The number of nitrogens with one attached hydrogen (secondary N) is 1. The van der Waals surface area contributed by atoms with E-state index in [0.29, 0.717) is 12.6 Å². The largest absolute Gasteiger partial charge is 0.348 e. The fraction of sp³-hybridized carbons (Fsp3) is 0.440. The molecular formula is C25H29ClN4OS2. The van der Waals surface area contributed by atoms with Gasteiger partial charge in [-0.05, 0) is 62.9 Å². The lowest BCUT2D eigenvalue weighted by Gasteiger charge is -2.34. The van der Waals surface area contributed by atoms with Gasteiger partial charge in [-0.3, -0.25) is 4.79 Å². The van der Waals surface area contributed by atoms with Crippen LogP contribution in [-0.4, -0.2) is 45.5 Å². The molecule has 0 radical (unpaired) electrons. The maximum absolute atomic E-state index is 13.4. The number of carbonyl (C=O) groups is 1. The second-order valence-electron chi connectivity index (χ2n) is 9.05. The van der Waals surface area contributed by atoms with Crippen LogP contribution in [-0.2, 0) is 6.54 Å². The monoisotopic (exact) mass is 500 g/mol. The van der Waals surface area contributed by atoms with Gasteiger partial charge in [0, 0.05) is 41.6 Å². The minimum atomic E-state index is 0.0315. The highest BCUT2D eigenvalue weighted by Gasteiger charge is 2.24. The van der Waals surface area contributed by atoms with E-state index in [4.69, 9.17) is 11.6 Å². The molecule has 0 unspecified atom stereocenters. The predicted octanol–water partition coefficient (Wildman–Crippen LogP) is 4.33. The molecule has 1 fully saturated rings. The quantitative estimate of drug-likeness (QED) is 0.548. The second-order valence-corrected chi connectivity index (χ2v) is 11.9. The van der Waals surface area contributed by atoms with Crippen molar-refractivity contribution in [3.8, 4) is 9.88 Å². The lowest BCUT2D eigenvalue weighted by Crippen LogP contribution is -2.47. The Labute approximate surface area is 207 Å². The van der Waals surface area contributed by atoms with Crippen molar-refractivity contribution in [1.29, 1.82) is 0 Å². The number of hydrogen-bond donors (Lipinski definition) is 1. The third-order valence-electron chi connectivity index (χ3n) is 6.52. The van der Waals surface area contributed by atoms with E-state index in [-0.39, 0.29) is 11.9 Å². The highest BCUT2D eigenvalue weighted by molar-refractivity contribution is 7.23. The van der Waals surface area contributed by atoms with Gasteiger partial charge >= 0.3 is 0 Å². The Balaban J connectivity index is 1.38. The molecule has 4 heterocycles. The van der Waals surface area contributed by atoms with E-state index in [1.807, 2.05) is 18.3 Å². The van der Waals surface area contributed by atoms with Crippen LogP contribution in [0.3, 0.4) is 0 Å². The summed E-state index contributed by atoms with van der Waals surface area (Å²) >= 11 is 9.31. The van der Waals surface area contributed by atoms with E-state index in [1.165, 1.54) is 0 Å². The predicted molar refractivity (Wildman–Crippen MR) is 139 cm³/mol. The average molecular weight is 501 g/mol. The van der Waals surface area contributed by atoms with Crippen LogP contribution in [0.1, 0.15) is 54.9 Å². The van der Waals surface area contributed by atoms with Crippen molar-refractivity contribution in [2.45, 2.75) is 58.2 Å². The van der Waals surface area contributed by atoms with E-state index in [0.717, 1.165) is 74.1 Å². The van der Waals surface area contributed by atoms with Gasteiger partial charge in [-0.25, -0.2) is 4.98 Å². The van der Waals surface area contributed by atoms with Crippen LogP contribution in [0.25, 0.3) is 22.0 Å². The van der Waals surface area contributed by atoms with Crippen molar-refractivity contribution < 1.29 is 4.79 Å². The summed E-state index contributed by atoms with van der Waals surface area (Å²) in [4.78, 5) is 22.7. The van der Waals surface area contributed by atoms with E-state index in [9.17, 15) is 4.79 Å². The standard InChI is InChI=1S/C25H29ClN4OS2/c1-16(2)29-11-9-18(10-12-29)28-24(31)21-13-17-5-3-4-6-20(17)30(21)15-19-14-27-25(32-19)22-7-8-23(26)33-22/h5-8,13-14,16,18H,3-4,9-12,15H2,1-2H3,(H,28,31). The molecule has 1 amide bonds. The first-order valence-electron chi connectivity index (χ1n) is 11.6. The Kier molecular flexibility index (Phi) is 6.74. The molecule has 0 bridgehead atoms. The molecule has 1 aliphatic heterocycles. The molecule has 1 N–H and O–H groups in total. The molecule has 3 aromatic rings. The van der Waals surface area contributed by atoms with Crippen LogP contribution in [0.15, 0.2) is 24.4 Å². The molecule has 174 valence electrons. The molecular weight excluding hydrogens is 472 g/mol. The molecule has 1 aliphatic carbocycles. The molecule has 0 atom stereocenters. The summed E-state index contributed by atoms with van der Waals surface area (Å²) in [5, 5.41) is 6.61. The van der Waals surface area contributed by atoms with E-state index >= 15 is 0 Å². The molecule has 0 saturated carbocycles. The van der Waals surface area contributed by atoms with Crippen molar-refractivity contribution in [2.24, 2.45) is 0 Å². The highest BCUT2D eigenvalue weighted by atomic mass is 35.5. The van der Waals surface area contributed by atoms with Gasteiger partial charge in [0.05, 0.1) is 15.8 Å². The zero-order valence-electron chi connectivity index (χ0n) is 19.0. The summed E-state index contributed by atoms with van der Waals surface area (Å²) in [5.74, 6) is 0.0315. The summed E-state index contributed by atoms with van der Waals surface area (Å²) in [7, 11) is 0. The van der Waals surface area contributed by atoms with Crippen molar-refractivity contribution >= 4 is 52.3 Å². The molecule has 5 rings (SSSR count). The van der Waals surface area contributed by atoms with Crippen LogP contribution in [0.5, 0.6) is 0 Å². The minimum absolute atomic E-state index is 0.0315. The molecule has 0 aromatic carbocycles. The SMILES string of the molecule is CC(C)N1CCC(NC(=O)c2cc3c(n2Cc2cnc(-c4ccc(Cl)s4)s2)=CCCC=3)CC1. The van der Waals surface area contributed by atoms with Crippen molar-refractivity contribution in [2.75, 3.05) is 13.1 Å². The van der Waals surface area contributed by atoms with Gasteiger partial charge in [-0.2, -0.15) is 0 Å². The van der Waals surface area contributed by atoms with Gasteiger partial charge < -0.3 is 14.8 Å². The van der Waals surface area contributed by atoms with E-state index in [2.05, 4.69) is 51.8 Å². The summed E-state index contributed by atoms with van der Waals surface area (Å²) in [6.07, 6.45) is 10.5. The molecule has 33 heavy (non-hydrogen) atoms. The number of amides is 1. The lowest BCUT2D eigenvalue weighted by atomic mass is 10.0. The number of piperidine rings is 1. The van der Waals surface area contributed by atoms with Gasteiger partial charge in [0.2, 0.25) is 0 Å². The Bertz CT molecular complexity index is 1260. The second kappa shape index (κ2) is 9.74. The minimum Gasteiger partial charge on any atom is -0.348 e. The summed E-state index contributed by atoms with van der Waals surface area (Å²) in [6, 6.07) is 6.78. The molecule has 3 aromatic heterocycles. The first-order chi connectivity index (χ1) is 16.0. The number of likely N-dealkylation sites (tertiary alicyclic amines) is 1. The third-order valence-corrected chi connectivity index (χ3v) is 8.90. The van der Waals surface area contributed by atoms with Crippen molar-refractivity contribution in [3.05, 3.63) is 49.9 Å². The molecule has 1 saturated heterocycles. The summed E-state index contributed by atoms with van der Waals surface area (Å²) in [6.45, 7) is 7.20. The Morgan fingerprint density at radius 3 is 2.73 bits per heavy atom. The maximum atomic E-state index is 13.4. The van der Waals surface area contributed by atoms with Gasteiger partial charge in [0.25, 0.3) is 5.91 Å². The molecule has 2 aliphatic rings. The smallest absolute Gasteiger partial charge is 0.268 e. The fourth-order valence-corrected chi connectivity index (χ4v) is 6.70. The Hall–Kier alpha value is -1.93. The molecule has 0 spiro atoms. The van der Waals surface area contributed by atoms with E-state index < -0.39 is 0 Å². The third kappa shape index (κ3) is 4.97. The summed E-state index contributed by atoms with van der Waals surface area (Å²) < 4.78 is 2.94. The van der Waals surface area contributed by atoms with Gasteiger partial charge in [0.1, 0.15) is 10.7 Å². The number of carbonyl (C=O) groups excluding carboxylic acids is 1. The van der Waals surface area contributed by atoms with Crippen LogP contribution in [0.4, 0.5) is 0 Å². The van der Waals surface area contributed by atoms with Crippen LogP contribution in [0, 0.1) is 0 Å². The van der Waals surface area contributed by atoms with Crippen LogP contribution < -0.4 is 15.9 Å². The number of halogens is 1. The number of aromatic nitrogens is 2. The number of thiazole rings is 1. The van der Waals surface area contributed by atoms with Crippen LogP contribution >= 0.6 is 34.3 Å². The van der Waals surface area contributed by atoms with Gasteiger partial charge in [-0.1, -0.05) is 23.8 Å². The first kappa shape index (κ1) is 22.8. The molecule has 8 heteroatoms. The Morgan fingerprint density at radius 1 is 1.21 bits per heavy atom. The van der Waals surface area contributed by atoms with Crippen molar-refractivity contribution in [3.63, 3.8) is 0 Å². The summed E-state index contributed by atoms with van der Waals surface area (Å²) in [5.41, 5.74) is 0.745. The average Bonchev–Trinajstić information content (AvgIpc) is 3.53. The fourth-order valence-electron chi connectivity index (χ4n) is 4.69. The number of nitrogens with zero attached hydrogens (tertiary/aromatic N) is 3. The number of rotatable bonds is 6. The van der Waals surface area contributed by atoms with Crippen molar-refractivity contribution in [1.82, 2.24) is 19.8 Å². The van der Waals surface area contributed by atoms with Crippen LogP contribution in [0.2, 0.25) is 4.34 Å². The lowest BCUT2D eigenvalue weighted by molar-refractivity contribution is 0.0891. The molecule has 5 nitrogen and oxygen atoms in total.